The van der Waals surface area contributed by atoms with Gasteiger partial charge in [0.2, 0.25) is 0 Å². The summed E-state index contributed by atoms with van der Waals surface area (Å²) in [5, 5.41) is 4.71. The Hall–Kier alpha value is -0.670. The fraction of sp³-hybridized carbons (Fsp3) is 0.615. The molecule has 0 aliphatic carbocycles. The fourth-order valence-electron chi connectivity index (χ4n) is 1.51. The first-order chi connectivity index (χ1) is 7.67. The van der Waals surface area contributed by atoms with Crippen molar-refractivity contribution in [3.8, 4) is 0 Å². The number of nitrogens with one attached hydrogen (secondary N) is 1. The van der Waals surface area contributed by atoms with Crippen LogP contribution < -0.4 is 5.32 Å². The molecule has 2 nitrogen and oxygen atoms in total. The maximum absolute atomic E-state index is 4.40. The molecule has 0 aliphatic heterocycles. The molecule has 0 aromatic carbocycles. The van der Waals surface area contributed by atoms with E-state index in [2.05, 4.69) is 37.7 Å². The third-order valence-electron chi connectivity index (χ3n) is 2.92. The van der Waals surface area contributed by atoms with Gasteiger partial charge in [-0.1, -0.05) is 19.9 Å². The van der Waals surface area contributed by atoms with E-state index in [1.54, 1.807) is 11.3 Å². The molecule has 0 fully saturated rings. The summed E-state index contributed by atoms with van der Waals surface area (Å²) >= 11 is 1.81. The molecule has 90 valence electrons. The lowest BCUT2D eigenvalue weighted by Crippen LogP contribution is -2.31. The van der Waals surface area contributed by atoms with E-state index >= 15 is 0 Å². The second kappa shape index (κ2) is 6.81. The minimum Gasteiger partial charge on any atom is -0.308 e. The van der Waals surface area contributed by atoms with Crippen LogP contribution in [-0.2, 0) is 13.0 Å². The Morgan fingerprint density at radius 2 is 2.31 bits per heavy atom. The zero-order valence-corrected chi connectivity index (χ0v) is 11.3. The summed E-state index contributed by atoms with van der Waals surface area (Å²) in [5.74, 6) is 0.628. The molecule has 0 aliphatic rings. The van der Waals surface area contributed by atoms with Crippen LogP contribution in [0.2, 0.25) is 0 Å². The Labute approximate surface area is 103 Å². The van der Waals surface area contributed by atoms with E-state index in [0.717, 1.165) is 19.4 Å². The van der Waals surface area contributed by atoms with E-state index in [9.17, 15) is 0 Å². The number of allylic oxidation sites excluding steroid dienone is 1. The lowest BCUT2D eigenvalue weighted by atomic mass is 10.00. The number of aryl methyl sites for hydroxylation is 1. The monoisotopic (exact) mass is 238 g/mol. The van der Waals surface area contributed by atoms with Crippen LogP contribution in [0.4, 0.5) is 0 Å². The SMILES string of the molecule is C=CCC(C)C(C)NCc1ncc(CC)s1. The molecule has 1 rings (SSSR count). The molecule has 0 bridgehead atoms. The van der Waals surface area contributed by atoms with E-state index in [4.69, 9.17) is 0 Å². The summed E-state index contributed by atoms with van der Waals surface area (Å²) in [5.41, 5.74) is 0. The number of aromatic nitrogens is 1. The molecule has 0 amide bonds. The average molecular weight is 238 g/mol. The van der Waals surface area contributed by atoms with Crippen molar-refractivity contribution in [2.45, 2.75) is 46.2 Å². The van der Waals surface area contributed by atoms with Gasteiger partial charge in [0.05, 0.1) is 0 Å². The summed E-state index contributed by atoms with van der Waals surface area (Å²) in [6, 6.07) is 0.506. The molecule has 3 heteroatoms. The quantitative estimate of drug-likeness (QED) is 0.736. The smallest absolute Gasteiger partial charge is 0.107 e. The number of rotatable bonds is 7. The van der Waals surface area contributed by atoms with Crippen molar-refractivity contribution in [2.75, 3.05) is 0 Å². The number of hydrogen-bond acceptors (Lipinski definition) is 3. The van der Waals surface area contributed by atoms with Gasteiger partial charge in [-0.2, -0.15) is 0 Å². The van der Waals surface area contributed by atoms with Crippen molar-refractivity contribution in [2.24, 2.45) is 5.92 Å². The van der Waals surface area contributed by atoms with Gasteiger partial charge in [-0.15, -0.1) is 17.9 Å². The lowest BCUT2D eigenvalue weighted by molar-refractivity contribution is 0.402. The topological polar surface area (TPSA) is 24.9 Å². The highest BCUT2D eigenvalue weighted by molar-refractivity contribution is 7.11. The van der Waals surface area contributed by atoms with Gasteiger partial charge in [0.1, 0.15) is 5.01 Å². The molecule has 1 aromatic heterocycles. The van der Waals surface area contributed by atoms with Crippen LogP contribution in [0, 0.1) is 5.92 Å². The Kier molecular flexibility index (Phi) is 5.71. The van der Waals surface area contributed by atoms with Crippen molar-refractivity contribution in [3.05, 3.63) is 28.7 Å². The van der Waals surface area contributed by atoms with E-state index in [1.807, 2.05) is 12.3 Å². The number of thiazole rings is 1. The van der Waals surface area contributed by atoms with Crippen LogP contribution in [0.5, 0.6) is 0 Å². The molecule has 2 unspecified atom stereocenters. The van der Waals surface area contributed by atoms with Crippen LogP contribution >= 0.6 is 11.3 Å². The molecule has 1 aromatic rings. The van der Waals surface area contributed by atoms with Gasteiger partial charge < -0.3 is 5.32 Å². The standard InChI is InChI=1S/C13H22N2S/c1-5-7-10(3)11(4)14-9-13-15-8-12(6-2)16-13/h5,8,10-11,14H,1,6-7,9H2,2-4H3. The van der Waals surface area contributed by atoms with E-state index in [-0.39, 0.29) is 0 Å². The molecule has 1 heterocycles. The highest BCUT2D eigenvalue weighted by atomic mass is 32.1. The summed E-state index contributed by atoms with van der Waals surface area (Å²) in [4.78, 5) is 5.76. The Morgan fingerprint density at radius 1 is 1.56 bits per heavy atom. The van der Waals surface area contributed by atoms with E-state index < -0.39 is 0 Å². The molecular formula is C13H22N2S. The normalized spacial score (nSPS) is 14.7. The van der Waals surface area contributed by atoms with Crippen LogP contribution in [-0.4, -0.2) is 11.0 Å². The molecule has 0 saturated carbocycles. The third-order valence-corrected chi connectivity index (χ3v) is 4.06. The molecule has 1 N–H and O–H groups in total. The first kappa shape index (κ1) is 13.4. The maximum Gasteiger partial charge on any atom is 0.107 e. The zero-order valence-electron chi connectivity index (χ0n) is 10.5. The first-order valence-corrected chi connectivity index (χ1v) is 6.76. The van der Waals surface area contributed by atoms with Crippen LogP contribution in [0.3, 0.4) is 0 Å². The Balaban J connectivity index is 2.35. The van der Waals surface area contributed by atoms with E-state index in [1.165, 1.54) is 9.88 Å². The van der Waals surface area contributed by atoms with Crippen molar-refractivity contribution < 1.29 is 0 Å². The molecule has 0 saturated heterocycles. The summed E-state index contributed by atoms with van der Waals surface area (Å²) in [7, 11) is 0. The first-order valence-electron chi connectivity index (χ1n) is 5.95. The van der Waals surface area contributed by atoms with Gasteiger partial charge in [-0.25, -0.2) is 4.98 Å². The Morgan fingerprint density at radius 3 is 2.88 bits per heavy atom. The predicted octanol–water partition coefficient (Wildman–Crippen LogP) is 3.40. The van der Waals surface area contributed by atoms with Crippen LogP contribution in [0.25, 0.3) is 0 Å². The third kappa shape index (κ3) is 4.06. The zero-order chi connectivity index (χ0) is 12.0. The van der Waals surface area contributed by atoms with Gasteiger partial charge in [0.25, 0.3) is 0 Å². The van der Waals surface area contributed by atoms with Crippen LogP contribution in [0.15, 0.2) is 18.9 Å². The largest absolute Gasteiger partial charge is 0.308 e. The van der Waals surface area contributed by atoms with Crippen molar-refractivity contribution in [1.82, 2.24) is 10.3 Å². The highest BCUT2D eigenvalue weighted by Crippen LogP contribution is 2.14. The summed E-state index contributed by atoms with van der Waals surface area (Å²) in [6.45, 7) is 11.3. The highest BCUT2D eigenvalue weighted by Gasteiger charge is 2.10. The second-order valence-electron chi connectivity index (χ2n) is 4.25. The lowest BCUT2D eigenvalue weighted by Gasteiger charge is -2.19. The van der Waals surface area contributed by atoms with Crippen LogP contribution in [0.1, 0.15) is 37.1 Å². The van der Waals surface area contributed by atoms with Gasteiger partial charge in [0.15, 0.2) is 0 Å². The van der Waals surface area contributed by atoms with Gasteiger partial charge in [0, 0.05) is 23.7 Å². The minimum atomic E-state index is 0.506. The molecule has 0 radical (unpaired) electrons. The average Bonchev–Trinajstić information content (AvgIpc) is 2.74. The molecule has 2 atom stereocenters. The van der Waals surface area contributed by atoms with E-state index in [0.29, 0.717) is 12.0 Å². The van der Waals surface area contributed by atoms with Crippen molar-refractivity contribution >= 4 is 11.3 Å². The van der Waals surface area contributed by atoms with Gasteiger partial charge >= 0.3 is 0 Å². The number of nitrogens with zero attached hydrogens (tertiary/aromatic N) is 1. The number of hydrogen-bond donors (Lipinski definition) is 1. The minimum absolute atomic E-state index is 0.506. The molecule has 0 spiro atoms. The van der Waals surface area contributed by atoms with Crippen molar-refractivity contribution in [1.29, 1.82) is 0 Å². The van der Waals surface area contributed by atoms with Gasteiger partial charge in [-0.3, -0.25) is 0 Å². The summed E-state index contributed by atoms with van der Waals surface area (Å²) < 4.78 is 0. The summed E-state index contributed by atoms with van der Waals surface area (Å²) in [6.07, 6.45) is 6.12. The fourth-order valence-corrected chi connectivity index (χ4v) is 2.32. The molecule has 16 heavy (non-hydrogen) atoms. The van der Waals surface area contributed by atoms with Gasteiger partial charge in [-0.05, 0) is 25.7 Å². The molecular weight excluding hydrogens is 216 g/mol. The maximum atomic E-state index is 4.40. The van der Waals surface area contributed by atoms with Crippen molar-refractivity contribution in [3.63, 3.8) is 0 Å². The second-order valence-corrected chi connectivity index (χ2v) is 5.44. The Bertz CT molecular complexity index is 319. The predicted molar refractivity (Wildman–Crippen MR) is 71.8 cm³/mol.